The molecular weight excluding hydrogens is 522 g/mol. The van der Waals surface area contributed by atoms with Crippen molar-refractivity contribution in [1.82, 2.24) is 9.62 Å². The lowest BCUT2D eigenvalue weighted by Crippen LogP contribution is -2.48. The number of carboxylic acid groups (broad SMARTS) is 1. The minimum absolute atomic E-state index is 0.160. The number of nitrogens with one attached hydrogen (secondary N) is 1. The molecule has 0 spiro atoms. The van der Waals surface area contributed by atoms with Gasteiger partial charge in [-0.05, 0) is 57.8 Å². The summed E-state index contributed by atoms with van der Waals surface area (Å²) < 4.78 is 1.07. The fraction of sp³-hybridized carbons (Fsp3) is 0.143. The van der Waals surface area contributed by atoms with E-state index in [0.717, 1.165) is 37.8 Å². The third kappa shape index (κ3) is 6.09. The number of benzene rings is 4. The normalized spacial score (nSPS) is 12.6. The van der Waals surface area contributed by atoms with E-state index in [2.05, 4.69) is 17.9 Å². The minimum atomic E-state index is -1.29. The molecule has 0 bridgehead atoms. The largest absolute Gasteiger partial charge is 0.480 e. The molecule has 8 nitrogen and oxygen atoms in total. The van der Waals surface area contributed by atoms with Crippen LogP contribution in [0.15, 0.2) is 84.9 Å². The summed E-state index contributed by atoms with van der Waals surface area (Å²) in [5.74, 6) is -3.47. The Labute approximate surface area is 228 Å². The lowest BCUT2D eigenvalue weighted by Gasteiger charge is -2.28. The van der Waals surface area contributed by atoms with Crippen molar-refractivity contribution in [1.29, 1.82) is 0 Å². The fourth-order valence-corrected chi connectivity index (χ4v) is 5.47. The first-order valence-corrected chi connectivity index (χ1v) is 13.2. The summed E-state index contributed by atoms with van der Waals surface area (Å²) in [5, 5.41) is 15.9. The first-order valence-electron chi connectivity index (χ1n) is 11.7. The number of aliphatic carboxylic acids is 1. The standard InChI is InChI=1S/C28H25N3O5S2/c29-25(32)23(30-26(33)21-11-9-17-5-1-3-7-19(17)13-21)16-38-31(24(15-37)28(35)36)27(34)22-12-10-18-6-2-4-8-20(18)14-22/h1-14,23-24,37H,15-16H2,(H2,29,32)(H,30,33)(H,35,36)/t23?,24-/m0/s1. The van der Waals surface area contributed by atoms with Crippen molar-refractivity contribution < 1.29 is 24.3 Å². The molecule has 38 heavy (non-hydrogen) atoms. The van der Waals surface area contributed by atoms with Crippen molar-refractivity contribution in [2.45, 2.75) is 12.1 Å². The van der Waals surface area contributed by atoms with Gasteiger partial charge in [-0.15, -0.1) is 0 Å². The van der Waals surface area contributed by atoms with Gasteiger partial charge in [0, 0.05) is 22.6 Å². The molecule has 2 atom stereocenters. The van der Waals surface area contributed by atoms with E-state index >= 15 is 0 Å². The summed E-state index contributed by atoms with van der Waals surface area (Å²) in [7, 11) is 0. The number of primary amides is 1. The van der Waals surface area contributed by atoms with Crippen LogP contribution in [0.2, 0.25) is 0 Å². The number of nitrogens with two attached hydrogens (primary N) is 1. The summed E-state index contributed by atoms with van der Waals surface area (Å²) in [6.45, 7) is 0. The molecular formula is C28H25N3O5S2. The van der Waals surface area contributed by atoms with Gasteiger partial charge in [-0.2, -0.15) is 12.6 Å². The average molecular weight is 548 g/mol. The number of carbonyl (C=O) groups is 4. The molecule has 0 saturated heterocycles. The average Bonchev–Trinajstić information content (AvgIpc) is 2.93. The highest BCUT2D eigenvalue weighted by molar-refractivity contribution is 7.97. The van der Waals surface area contributed by atoms with Crippen LogP contribution >= 0.6 is 24.6 Å². The predicted molar refractivity (Wildman–Crippen MR) is 152 cm³/mol. The van der Waals surface area contributed by atoms with Crippen LogP contribution in [0.4, 0.5) is 0 Å². The molecule has 0 fully saturated rings. The lowest BCUT2D eigenvalue weighted by atomic mass is 10.1. The van der Waals surface area contributed by atoms with Crippen LogP contribution in [0, 0.1) is 0 Å². The number of carboxylic acids is 1. The van der Waals surface area contributed by atoms with Crippen molar-refractivity contribution in [3.05, 3.63) is 96.1 Å². The molecule has 3 amide bonds. The van der Waals surface area contributed by atoms with Crippen molar-refractivity contribution in [3.8, 4) is 0 Å². The number of hydrogen-bond acceptors (Lipinski definition) is 6. The van der Waals surface area contributed by atoms with Gasteiger partial charge in [0.2, 0.25) is 5.91 Å². The lowest BCUT2D eigenvalue weighted by molar-refractivity contribution is -0.140. The highest BCUT2D eigenvalue weighted by Crippen LogP contribution is 2.24. The van der Waals surface area contributed by atoms with Gasteiger partial charge in [-0.3, -0.25) is 18.7 Å². The fourth-order valence-electron chi connectivity index (χ4n) is 3.91. The maximum absolute atomic E-state index is 13.4. The number of carbonyl (C=O) groups excluding carboxylic acids is 3. The van der Waals surface area contributed by atoms with Crippen LogP contribution in [-0.2, 0) is 9.59 Å². The van der Waals surface area contributed by atoms with Gasteiger partial charge in [0.1, 0.15) is 12.1 Å². The van der Waals surface area contributed by atoms with Crippen molar-refractivity contribution in [2.24, 2.45) is 5.73 Å². The number of thiol groups is 1. The summed E-state index contributed by atoms with van der Waals surface area (Å²) in [6.07, 6.45) is 0. The Morgan fingerprint density at radius 3 is 1.89 bits per heavy atom. The predicted octanol–water partition coefficient (Wildman–Crippen LogP) is 3.75. The van der Waals surface area contributed by atoms with Crippen LogP contribution in [-0.4, -0.2) is 56.7 Å². The molecule has 0 heterocycles. The van der Waals surface area contributed by atoms with E-state index in [1.165, 1.54) is 0 Å². The Morgan fingerprint density at radius 2 is 1.37 bits per heavy atom. The topological polar surface area (TPSA) is 130 Å². The Kier molecular flexibility index (Phi) is 8.55. The molecule has 0 aliphatic carbocycles. The van der Waals surface area contributed by atoms with Crippen LogP contribution < -0.4 is 11.1 Å². The molecule has 0 aromatic heterocycles. The summed E-state index contributed by atoms with van der Waals surface area (Å²) >= 11 is 4.93. The van der Waals surface area contributed by atoms with Crippen LogP contribution in [0.3, 0.4) is 0 Å². The number of nitrogens with zero attached hydrogens (tertiary/aromatic N) is 1. The van der Waals surface area contributed by atoms with Gasteiger partial charge in [0.25, 0.3) is 11.8 Å². The van der Waals surface area contributed by atoms with Crippen LogP contribution in [0.5, 0.6) is 0 Å². The SMILES string of the molecule is NC(=O)C(CSN(C(=O)c1ccc2ccccc2c1)[C@@H](CS)C(=O)O)NC(=O)c1ccc2ccccc2c1. The van der Waals surface area contributed by atoms with Crippen molar-refractivity contribution >= 4 is 69.8 Å². The second kappa shape index (κ2) is 12.0. The quantitative estimate of drug-likeness (QED) is 0.177. The van der Waals surface area contributed by atoms with Gasteiger partial charge < -0.3 is 16.2 Å². The van der Waals surface area contributed by atoms with E-state index < -0.39 is 35.8 Å². The molecule has 10 heteroatoms. The highest BCUT2D eigenvalue weighted by atomic mass is 32.2. The minimum Gasteiger partial charge on any atom is -0.480 e. The van der Waals surface area contributed by atoms with Crippen LogP contribution in [0.1, 0.15) is 20.7 Å². The Balaban J connectivity index is 1.54. The maximum Gasteiger partial charge on any atom is 0.328 e. The molecule has 4 aromatic rings. The second-order valence-electron chi connectivity index (χ2n) is 8.52. The Hall–Kier alpha value is -4.02. The Morgan fingerprint density at radius 1 is 0.842 bits per heavy atom. The molecule has 0 aliphatic rings. The first kappa shape index (κ1) is 27.0. The monoisotopic (exact) mass is 547 g/mol. The van der Waals surface area contributed by atoms with Crippen LogP contribution in [0.25, 0.3) is 21.5 Å². The molecule has 0 aliphatic heterocycles. The Bertz CT molecular complexity index is 1530. The summed E-state index contributed by atoms with van der Waals surface area (Å²) in [5.41, 5.74) is 6.17. The van der Waals surface area contributed by atoms with E-state index in [1.54, 1.807) is 36.4 Å². The molecule has 0 radical (unpaired) electrons. The molecule has 4 rings (SSSR count). The molecule has 4 N–H and O–H groups in total. The zero-order valence-corrected chi connectivity index (χ0v) is 21.8. The maximum atomic E-state index is 13.4. The molecule has 1 unspecified atom stereocenters. The van der Waals surface area contributed by atoms with E-state index in [9.17, 15) is 24.3 Å². The van der Waals surface area contributed by atoms with Crippen molar-refractivity contribution in [3.63, 3.8) is 0 Å². The van der Waals surface area contributed by atoms with E-state index in [-0.39, 0.29) is 17.1 Å². The summed E-state index contributed by atoms with van der Waals surface area (Å²) in [6, 6.07) is 22.8. The van der Waals surface area contributed by atoms with Gasteiger partial charge in [0.05, 0.1) is 0 Å². The molecule has 0 saturated carbocycles. The van der Waals surface area contributed by atoms with Gasteiger partial charge in [-0.1, -0.05) is 60.7 Å². The van der Waals surface area contributed by atoms with E-state index in [4.69, 9.17) is 5.73 Å². The zero-order valence-electron chi connectivity index (χ0n) is 20.1. The molecule has 4 aromatic carbocycles. The number of fused-ring (bicyclic) bond motifs is 2. The zero-order chi connectivity index (χ0) is 27.2. The smallest absolute Gasteiger partial charge is 0.328 e. The number of amides is 3. The third-order valence-electron chi connectivity index (χ3n) is 5.98. The van der Waals surface area contributed by atoms with Crippen molar-refractivity contribution in [2.75, 3.05) is 11.5 Å². The highest BCUT2D eigenvalue weighted by Gasteiger charge is 2.32. The number of rotatable bonds is 10. The molecule has 194 valence electrons. The second-order valence-corrected chi connectivity index (χ2v) is 9.87. The van der Waals surface area contributed by atoms with Gasteiger partial charge in [-0.25, -0.2) is 4.79 Å². The number of hydrogen-bond donors (Lipinski definition) is 4. The van der Waals surface area contributed by atoms with Gasteiger partial charge in [0.15, 0.2) is 0 Å². The van der Waals surface area contributed by atoms with E-state index in [1.807, 2.05) is 48.5 Å². The van der Waals surface area contributed by atoms with E-state index in [0.29, 0.717) is 5.56 Å². The first-order chi connectivity index (χ1) is 18.3. The summed E-state index contributed by atoms with van der Waals surface area (Å²) in [4.78, 5) is 50.5. The van der Waals surface area contributed by atoms with Gasteiger partial charge >= 0.3 is 5.97 Å². The third-order valence-corrected chi connectivity index (χ3v) is 7.51.